The van der Waals surface area contributed by atoms with Crippen LogP contribution in [0.1, 0.15) is 28.3 Å². The summed E-state index contributed by atoms with van der Waals surface area (Å²) in [7, 11) is 1.45. The second-order valence-electron chi connectivity index (χ2n) is 4.80. The number of furan rings is 1. The molecule has 1 aromatic heterocycles. The summed E-state index contributed by atoms with van der Waals surface area (Å²) in [6.07, 6.45) is 3.58. The maximum absolute atomic E-state index is 11.8. The minimum absolute atomic E-state index is 0.0306. The van der Waals surface area contributed by atoms with Crippen LogP contribution >= 0.6 is 0 Å². The molecule has 120 valence electrons. The van der Waals surface area contributed by atoms with Gasteiger partial charge >= 0.3 is 5.97 Å². The smallest absolute Gasteiger partial charge is 0.371 e. The summed E-state index contributed by atoms with van der Waals surface area (Å²) in [6, 6.07) is 7.67. The van der Waals surface area contributed by atoms with Gasteiger partial charge < -0.3 is 19.4 Å². The van der Waals surface area contributed by atoms with Gasteiger partial charge in [-0.3, -0.25) is 4.79 Å². The monoisotopic (exact) mass is 316 g/mol. The molecule has 0 atom stereocenters. The predicted octanol–water partition coefficient (Wildman–Crippen LogP) is 2.91. The molecule has 6 nitrogen and oxygen atoms in total. The van der Waals surface area contributed by atoms with Gasteiger partial charge in [0.15, 0.2) is 17.3 Å². The number of ketones is 1. The molecule has 23 heavy (non-hydrogen) atoms. The van der Waals surface area contributed by atoms with Crippen LogP contribution < -0.4 is 4.74 Å². The molecule has 2 N–H and O–H groups in total. The fourth-order valence-corrected chi connectivity index (χ4v) is 1.94. The van der Waals surface area contributed by atoms with E-state index < -0.39 is 5.97 Å². The zero-order valence-electron chi connectivity index (χ0n) is 12.5. The van der Waals surface area contributed by atoms with Crippen molar-refractivity contribution in [2.45, 2.75) is 12.8 Å². The van der Waals surface area contributed by atoms with Crippen LogP contribution in [0, 0.1) is 0 Å². The second-order valence-corrected chi connectivity index (χ2v) is 4.80. The van der Waals surface area contributed by atoms with E-state index in [0.29, 0.717) is 17.9 Å². The first-order valence-electron chi connectivity index (χ1n) is 6.89. The lowest BCUT2D eigenvalue weighted by Gasteiger charge is -2.03. The quantitative estimate of drug-likeness (QED) is 0.762. The number of ether oxygens (including phenoxy) is 1. The van der Waals surface area contributed by atoms with E-state index >= 15 is 0 Å². The fraction of sp³-hybridized carbons (Fsp3) is 0.176. The van der Waals surface area contributed by atoms with Crippen molar-refractivity contribution in [1.82, 2.24) is 0 Å². The molecule has 0 aliphatic carbocycles. The van der Waals surface area contributed by atoms with E-state index in [9.17, 15) is 14.7 Å². The van der Waals surface area contributed by atoms with Crippen LogP contribution in [-0.2, 0) is 11.2 Å². The van der Waals surface area contributed by atoms with E-state index in [0.717, 1.165) is 5.56 Å². The Morgan fingerprint density at radius 2 is 2.04 bits per heavy atom. The van der Waals surface area contributed by atoms with Gasteiger partial charge in [-0.05, 0) is 35.9 Å². The van der Waals surface area contributed by atoms with Gasteiger partial charge in [0.1, 0.15) is 5.76 Å². The van der Waals surface area contributed by atoms with Crippen molar-refractivity contribution < 1.29 is 29.0 Å². The molecule has 0 fully saturated rings. The van der Waals surface area contributed by atoms with Crippen molar-refractivity contribution in [3.05, 3.63) is 53.5 Å². The number of aromatic hydroxyl groups is 1. The summed E-state index contributed by atoms with van der Waals surface area (Å²) in [5.41, 5.74) is 0.721. The Balaban J connectivity index is 1.92. The highest BCUT2D eigenvalue weighted by Crippen LogP contribution is 2.26. The van der Waals surface area contributed by atoms with Crippen LogP contribution in [0.5, 0.6) is 11.5 Å². The first kappa shape index (κ1) is 16.4. The van der Waals surface area contributed by atoms with Crippen LogP contribution in [0.4, 0.5) is 0 Å². The van der Waals surface area contributed by atoms with Crippen LogP contribution in [0.3, 0.4) is 0 Å². The van der Waals surface area contributed by atoms with Crippen molar-refractivity contribution in [3.63, 3.8) is 0 Å². The maximum atomic E-state index is 11.8. The highest BCUT2D eigenvalue weighted by Gasteiger charge is 2.09. The molecule has 0 aliphatic heterocycles. The number of phenols is 1. The van der Waals surface area contributed by atoms with Crippen molar-refractivity contribution >= 4 is 17.8 Å². The van der Waals surface area contributed by atoms with E-state index in [-0.39, 0.29) is 23.7 Å². The van der Waals surface area contributed by atoms with Crippen LogP contribution in [-0.4, -0.2) is 29.1 Å². The number of allylic oxidation sites excluding steroid dienone is 1. The number of hydrogen-bond acceptors (Lipinski definition) is 5. The summed E-state index contributed by atoms with van der Waals surface area (Å²) in [5.74, 6) is -0.580. The summed E-state index contributed by atoms with van der Waals surface area (Å²) in [4.78, 5) is 22.5. The summed E-state index contributed by atoms with van der Waals surface area (Å²) >= 11 is 0. The molecular weight excluding hydrogens is 300 g/mol. The van der Waals surface area contributed by atoms with Crippen LogP contribution in [0.2, 0.25) is 0 Å². The first-order chi connectivity index (χ1) is 11.0. The van der Waals surface area contributed by atoms with Crippen molar-refractivity contribution in [2.75, 3.05) is 7.11 Å². The number of carboxylic acid groups (broad SMARTS) is 1. The molecule has 0 unspecified atom stereocenters. The Hall–Kier alpha value is -3.02. The number of aromatic carboxylic acids is 1. The lowest BCUT2D eigenvalue weighted by molar-refractivity contribution is -0.114. The Morgan fingerprint density at radius 3 is 2.70 bits per heavy atom. The average Bonchev–Trinajstić information content (AvgIpc) is 3.01. The van der Waals surface area contributed by atoms with Crippen molar-refractivity contribution in [3.8, 4) is 11.5 Å². The van der Waals surface area contributed by atoms with Gasteiger partial charge in [-0.1, -0.05) is 12.1 Å². The molecule has 0 amide bonds. The predicted molar refractivity (Wildman–Crippen MR) is 82.7 cm³/mol. The highest BCUT2D eigenvalue weighted by molar-refractivity contribution is 5.93. The third kappa shape index (κ3) is 4.47. The van der Waals surface area contributed by atoms with Gasteiger partial charge in [-0.2, -0.15) is 0 Å². The number of aryl methyl sites for hydroxylation is 1. The zero-order chi connectivity index (χ0) is 16.8. The van der Waals surface area contributed by atoms with Gasteiger partial charge in [0, 0.05) is 12.8 Å². The molecule has 6 heteroatoms. The van der Waals surface area contributed by atoms with Gasteiger partial charge in [-0.25, -0.2) is 4.79 Å². The molecule has 0 aliphatic rings. The number of methoxy groups -OCH3 is 1. The van der Waals surface area contributed by atoms with Gasteiger partial charge in [0.25, 0.3) is 0 Å². The van der Waals surface area contributed by atoms with Crippen LogP contribution in [0.15, 0.2) is 40.8 Å². The fourth-order valence-electron chi connectivity index (χ4n) is 1.94. The third-order valence-corrected chi connectivity index (χ3v) is 3.16. The zero-order valence-corrected chi connectivity index (χ0v) is 12.5. The lowest BCUT2D eigenvalue weighted by Crippen LogP contribution is -1.96. The molecule has 2 rings (SSSR count). The van der Waals surface area contributed by atoms with E-state index in [1.807, 2.05) is 0 Å². The van der Waals surface area contributed by atoms with Crippen molar-refractivity contribution in [2.24, 2.45) is 0 Å². The normalized spacial score (nSPS) is 10.8. The summed E-state index contributed by atoms with van der Waals surface area (Å²) in [5, 5.41) is 18.2. The number of carboxylic acids is 1. The molecule has 1 aromatic carbocycles. The average molecular weight is 316 g/mol. The Morgan fingerprint density at radius 1 is 1.26 bits per heavy atom. The SMILES string of the molecule is COc1cc(/C=C/C(=O)CCc2ccc(C(=O)O)o2)ccc1O. The van der Waals surface area contributed by atoms with E-state index in [4.69, 9.17) is 14.3 Å². The summed E-state index contributed by atoms with van der Waals surface area (Å²) < 4.78 is 10.1. The number of rotatable bonds is 7. The molecule has 0 bridgehead atoms. The highest BCUT2D eigenvalue weighted by atomic mass is 16.5. The Labute approximate surface area is 132 Å². The second kappa shape index (κ2) is 7.31. The number of carbonyl (C=O) groups is 2. The minimum Gasteiger partial charge on any atom is -0.504 e. The minimum atomic E-state index is -1.14. The molecule has 0 spiro atoms. The van der Waals surface area contributed by atoms with Crippen molar-refractivity contribution in [1.29, 1.82) is 0 Å². The Kier molecular flexibility index (Phi) is 5.19. The van der Waals surface area contributed by atoms with E-state index in [2.05, 4.69) is 0 Å². The number of carbonyl (C=O) groups excluding carboxylic acids is 1. The third-order valence-electron chi connectivity index (χ3n) is 3.16. The largest absolute Gasteiger partial charge is 0.504 e. The number of phenolic OH excluding ortho intramolecular Hbond substituents is 1. The first-order valence-corrected chi connectivity index (χ1v) is 6.89. The Bertz CT molecular complexity index is 741. The molecule has 0 radical (unpaired) electrons. The topological polar surface area (TPSA) is 97.0 Å². The maximum Gasteiger partial charge on any atom is 0.371 e. The van der Waals surface area contributed by atoms with Gasteiger partial charge in [0.05, 0.1) is 7.11 Å². The lowest BCUT2D eigenvalue weighted by atomic mass is 10.1. The molecular formula is C17H16O6. The molecule has 0 saturated carbocycles. The molecule has 2 aromatic rings. The van der Waals surface area contributed by atoms with Crippen LogP contribution in [0.25, 0.3) is 6.08 Å². The van der Waals surface area contributed by atoms with Gasteiger partial charge in [-0.15, -0.1) is 0 Å². The number of hydrogen-bond donors (Lipinski definition) is 2. The number of benzene rings is 1. The van der Waals surface area contributed by atoms with Gasteiger partial charge in [0.2, 0.25) is 5.76 Å². The summed E-state index contributed by atoms with van der Waals surface area (Å²) in [6.45, 7) is 0. The van der Waals surface area contributed by atoms with E-state index in [1.54, 1.807) is 24.3 Å². The molecule has 1 heterocycles. The van der Waals surface area contributed by atoms with E-state index in [1.165, 1.54) is 25.3 Å². The standard InChI is InChI=1S/C17H16O6/c1-22-16-10-11(3-8-14(16)19)2-4-12(18)5-6-13-7-9-15(23-13)17(20)21/h2-4,7-10,19H,5-6H2,1H3,(H,20,21)/b4-2+. The molecule has 0 saturated heterocycles.